The molecule has 0 radical (unpaired) electrons. The van der Waals surface area contributed by atoms with Gasteiger partial charge in [0, 0.05) is 18.0 Å². The van der Waals surface area contributed by atoms with Crippen molar-refractivity contribution in [2.45, 2.75) is 33.6 Å². The lowest BCUT2D eigenvalue weighted by molar-refractivity contribution is -0.556. The summed E-state index contributed by atoms with van der Waals surface area (Å²) in [5, 5.41) is 0. The molecular weight excluding hydrogens is 330 g/mol. The van der Waals surface area contributed by atoms with Crippen LogP contribution in [0.5, 0.6) is 0 Å². The van der Waals surface area contributed by atoms with Gasteiger partial charge in [-0.15, -0.1) is 0 Å². The van der Waals surface area contributed by atoms with Gasteiger partial charge in [-0.25, -0.2) is 4.57 Å². The molecule has 4 rings (SSSR count). The quantitative estimate of drug-likeness (QED) is 0.459. The van der Waals surface area contributed by atoms with Crippen molar-refractivity contribution in [3.63, 3.8) is 0 Å². The summed E-state index contributed by atoms with van der Waals surface area (Å²) < 4.78 is 4.69. The number of benzene rings is 2. The summed E-state index contributed by atoms with van der Waals surface area (Å²) in [6.45, 7) is 8.81. The fourth-order valence-corrected chi connectivity index (χ4v) is 3.89. The van der Waals surface area contributed by atoms with Gasteiger partial charge in [-0.05, 0) is 55.2 Å². The molecule has 2 aromatic carbocycles. The first kappa shape index (κ1) is 17.5. The van der Waals surface area contributed by atoms with Gasteiger partial charge in [0.2, 0.25) is 0 Å². The molecular formula is C24H26N3+. The van der Waals surface area contributed by atoms with Gasteiger partial charge < -0.3 is 0 Å². The van der Waals surface area contributed by atoms with E-state index in [2.05, 4.69) is 97.4 Å². The van der Waals surface area contributed by atoms with Crippen LogP contribution in [0.2, 0.25) is 0 Å². The van der Waals surface area contributed by atoms with Crippen LogP contribution in [0, 0.1) is 13.8 Å². The molecule has 0 N–H and O–H groups in total. The first-order chi connectivity index (χ1) is 13.0. The number of para-hydroxylation sites is 1. The molecule has 2 heterocycles. The lowest BCUT2D eigenvalue weighted by Crippen LogP contribution is -2.34. The molecule has 0 unspecified atom stereocenters. The van der Waals surface area contributed by atoms with E-state index in [1.165, 1.54) is 33.4 Å². The number of hydrogen-bond donors (Lipinski definition) is 0. The average molecular weight is 356 g/mol. The van der Waals surface area contributed by atoms with E-state index in [1.54, 1.807) is 0 Å². The van der Waals surface area contributed by atoms with Gasteiger partial charge in [0.15, 0.2) is 11.0 Å². The Bertz CT molecular complexity index is 1140. The summed E-state index contributed by atoms with van der Waals surface area (Å²) >= 11 is 0. The van der Waals surface area contributed by atoms with Crippen LogP contribution in [0.25, 0.3) is 28.1 Å². The Kier molecular flexibility index (Phi) is 4.31. The molecule has 3 nitrogen and oxygen atoms in total. The van der Waals surface area contributed by atoms with E-state index < -0.39 is 0 Å². The molecule has 0 atom stereocenters. The summed E-state index contributed by atoms with van der Waals surface area (Å²) in [5.74, 6) is 1.60. The van der Waals surface area contributed by atoms with E-state index in [4.69, 9.17) is 0 Å². The number of aryl methyl sites for hydroxylation is 3. The Labute approximate surface area is 160 Å². The smallest absolute Gasteiger partial charge is 0.264 e. The topological polar surface area (TPSA) is 21.7 Å². The van der Waals surface area contributed by atoms with Crippen LogP contribution >= 0.6 is 0 Å². The van der Waals surface area contributed by atoms with Crippen molar-refractivity contribution in [3.8, 4) is 17.1 Å². The van der Waals surface area contributed by atoms with Gasteiger partial charge >= 0.3 is 0 Å². The Hall–Kier alpha value is -2.94. The minimum Gasteiger partial charge on any atom is -0.264 e. The number of aromatic nitrogens is 3. The minimum atomic E-state index is 0.442. The van der Waals surface area contributed by atoms with Crippen LogP contribution in [0.4, 0.5) is 0 Å². The average Bonchev–Trinajstić information content (AvgIpc) is 2.94. The second-order valence-corrected chi connectivity index (χ2v) is 7.61. The van der Waals surface area contributed by atoms with Crippen LogP contribution < -0.4 is 4.57 Å². The number of imidazole rings is 1. The zero-order valence-corrected chi connectivity index (χ0v) is 16.7. The summed E-state index contributed by atoms with van der Waals surface area (Å²) in [4.78, 5) is 4.42. The predicted octanol–water partition coefficient (Wildman–Crippen LogP) is 5.26. The third kappa shape index (κ3) is 2.84. The molecule has 3 heteroatoms. The Balaban J connectivity index is 2.18. The van der Waals surface area contributed by atoms with E-state index in [9.17, 15) is 0 Å². The van der Waals surface area contributed by atoms with Crippen LogP contribution in [0.3, 0.4) is 0 Å². The van der Waals surface area contributed by atoms with Crippen molar-refractivity contribution < 1.29 is 4.57 Å². The van der Waals surface area contributed by atoms with Gasteiger partial charge in [-0.1, -0.05) is 38.1 Å². The minimum absolute atomic E-state index is 0.442. The van der Waals surface area contributed by atoms with Gasteiger partial charge in [0.1, 0.15) is 5.69 Å². The maximum absolute atomic E-state index is 4.42. The van der Waals surface area contributed by atoms with Crippen LogP contribution in [-0.4, -0.2) is 9.55 Å². The molecule has 4 aromatic rings. The third-order valence-corrected chi connectivity index (χ3v) is 5.34. The lowest BCUT2D eigenvalue weighted by Gasteiger charge is -2.12. The van der Waals surface area contributed by atoms with Gasteiger partial charge in [-0.3, -0.25) is 4.98 Å². The molecule has 0 spiro atoms. The standard InChI is InChI=1S/C24H26N3/c1-16(2)19-8-6-7-9-21(19)27-22-11-10-17(3)14-23(22)26(5)24(27)20-15-25-13-12-18(20)4/h6-16H,1-5H3/q+1. The van der Waals surface area contributed by atoms with Crippen molar-refractivity contribution in [2.75, 3.05) is 0 Å². The van der Waals surface area contributed by atoms with Crippen molar-refractivity contribution in [1.82, 2.24) is 9.55 Å². The summed E-state index contributed by atoms with van der Waals surface area (Å²) in [7, 11) is 2.15. The van der Waals surface area contributed by atoms with E-state index in [-0.39, 0.29) is 0 Å². The van der Waals surface area contributed by atoms with Crippen molar-refractivity contribution in [3.05, 3.63) is 77.6 Å². The monoisotopic (exact) mass is 356 g/mol. The van der Waals surface area contributed by atoms with Gasteiger partial charge in [0.05, 0.1) is 12.6 Å². The first-order valence-corrected chi connectivity index (χ1v) is 9.50. The van der Waals surface area contributed by atoms with E-state index >= 15 is 0 Å². The molecule has 136 valence electrons. The highest BCUT2D eigenvalue weighted by molar-refractivity contribution is 5.78. The maximum atomic E-state index is 4.42. The summed E-state index contributed by atoms with van der Waals surface area (Å²) in [5.41, 5.74) is 8.68. The fourth-order valence-electron chi connectivity index (χ4n) is 3.89. The number of pyridine rings is 1. The predicted molar refractivity (Wildman–Crippen MR) is 111 cm³/mol. The largest absolute Gasteiger partial charge is 0.296 e. The fraction of sp³-hybridized carbons (Fsp3) is 0.250. The Morgan fingerprint density at radius 3 is 2.52 bits per heavy atom. The second-order valence-electron chi connectivity index (χ2n) is 7.61. The molecule has 0 aliphatic rings. The normalized spacial score (nSPS) is 11.5. The zero-order valence-electron chi connectivity index (χ0n) is 16.7. The molecule has 0 amide bonds. The van der Waals surface area contributed by atoms with Crippen LogP contribution in [0.15, 0.2) is 60.9 Å². The maximum Gasteiger partial charge on any atom is 0.296 e. The molecule has 0 saturated heterocycles. The summed E-state index contributed by atoms with van der Waals surface area (Å²) in [6, 6.07) is 17.5. The SMILES string of the molecule is Cc1ccc2c(c1)n(C)c(-c1cnccc1C)[n+]2-c1ccccc1C(C)C. The highest BCUT2D eigenvalue weighted by atomic mass is 15.2. The number of nitrogens with zero attached hydrogens (tertiary/aromatic N) is 3. The second kappa shape index (κ2) is 6.66. The highest BCUT2D eigenvalue weighted by Crippen LogP contribution is 2.29. The van der Waals surface area contributed by atoms with Crippen LogP contribution in [0.1, 0.15) is 36.5 Å². The molecule has 0 saturated carbocycles. The lowest BCUT2D eigenvalue weighted by atomic mass is 10.0. The first-order valence-electron chi connectivity index (χ1n) is 9.50. The zero-order chi connectivity index (χ0) is 19.1. The van der Waals surface area contributed by atoms with Gasteiger partial charge in [-0.2, -0.15) is 4.57 Å². The Morgan fingerprint density at radius 1 is 1.00 bits per heavy atom. The molecule has 0 fully saturated rings. The van der Waals surface area contributed by atoms with E-state index in [0.29, 0.717) is 5.92 Å². The molecule has 2 aromatic heterocycles. The van der Waals surface area contributed by atoms with Crippen LogP contribution in [-0.2, 0) is 7.05 Å². The van der Waals surface area contributed by atoms with E-state index in [0.717, 1.165) is 11.4 Å². The number of fused-ring (bicyclic) bond motifs is 1. The third-order valence-electron chi connectivity index (χ3n) is 5.34. The molecule has 0 aliphatic heterocycles. The molecule has 27 heavy (non-hydrogen) atoms. The Morgan fingerprint density at radius 2 is 1.78 bits per heavy atom. The molecule has 0 aliphatic carbocycles. The van der Waals surface area contributed by atoms with Crippen molar-refractivity contribution >= 4 is 11.0 Å². The van der Waals surface area contributed by atoms with Gasteiger partial charge in [0.25, 0.3) is 5.82 Å². The van der Waals surface area contributed by atoms with E-state index in [1.807, 2.05) is 12.4 Å². The number of rotatable bonds is 3. The summed E-state index contributed by atoms with van der Waals surface area (Å²) in [6.07, 6.45) is 3.84. The number of hydrogen-bond acceptors (Lipinski definition) is 1. The van der Waals surface area contributed by atoms with Crippen molar-refractivity contribution in [1.29, 1.82) is 0 Å². The van der Waals surface area contributed by atoms with Crippen molar-refractivity contribution in [2.24, 2.45) is 7.05 Å². The molecule has 0 bridgehead atoms. The highest BCUT2D eigenvalue weighted by Gasteiger charge is 2.28.